The van der Waals surface area contributed by atoms with Gasteiger partial charge in [0.1, 0.15) is 11.9 Å². The molecular formula is C17H18N6O3. The summed E-state index contributed by atoms with van der Waals surface area (Å²) in [5, 5.41) is 21.8. The number of nitrogens with one attached hydrogen (secondary N) is 1. The number of amides is 1. The van der Waals surface area contributed by atoms with E-state index in [-0.39, 0.29) is 24.6 Å². The summed E-state index contributed by atoms with van der Waals surface area (Å²) in [7, 11) is 0. The Labute approximate surface area is 149 Å². The number of carbonyl (C=O) groups excluding carboxylic acids is 1. The molecule has 1 amide bonds. The number of benzene rings is 1. The van der Waals surface area contributed by atoms with Crippen LogP contribution < -0.4 is 5.32 Å². The van der Waals surface area contributed by atoms with Crippen molar-refractivity contribution >= 4 is 17.3 Å². The Hall–Kier alpha value is -3.49. The first-order chi connectivity index (χ1) is 12.5. The first-order valence-corrected chi connectivity index (χ1v) is 8.06. The molecule has 0 saturated carbocycles. The van der Waals surface area contributed by atoms with E-state index in [1.165, 1.54) is 10.9 Å². The lowest BCUT2D eigenvalue weighted by Gasteiger charge is -2.03. The van der Waals surface area contributed by atoms with E-state index >= 15 is 0 Å². The molecule has 134 valence electrons. The Bertz CT molecular complexity index is 916. The molecule has 0 saturated heterocycles. The molecule has 0 aliphatic rings. The van der Waals surface area contributed by atoms with Gasteiger partial charge in [-0.05, 0) is 12.5 Å². The van der Waals surface area contributed by atoms with Crippen LogP contribution in [0.3, 0.4) is 0 Å². The van der Waals surface area contributed by atoms with Crippen LogP contribution in [0.4, 0.5) is 11.4 Å². The highest BCUT2D eigenvalue weighted by atomic mass is 16.6. The molecule has 9 heteroatoms. The minimum Gasteiger partial charge on any atom is -0.323 e. The van der Waals surface area contributed by atoms with Crippen molar-refractivity contribution in [1.82, 2.24) is 19.6 Å². The molecule has 2 heterocycles. The van der Waals surface area contributed by atoms with Gasteiger partial charge < -0.3 is 5.32 Å². The van der Waals surface area contributed by atoms with Gasteiger partial charge >= 0.3 is 5.69 Å². The molecule has 0 unspecified atom stereocenters. The molecule has 1 aromatic carbocycles. The Morgan fingerprint density at radius 3 is 2.69 bits per heavy atom. The Morgan fingerprint density at radius 1 is 1.23 bits per heavy atom. The fraction of sp³-hybridized carbons (Fsp3) is 0.235. The van der Waals surface area contributed by atoms with E-state index in [2.05, 4.69) is 15.5 Å². The highest BCUT2D eigenvalue weighted by Gasteiger charge is 2.15. The summed E-state index contributed by atoms with van der Waals surface area (Å²) < 4.78 is 3.15. The van der Waals surface area contributed by atoms with E-state index in [9.17, 15) is 14.9 Å². The van der Waals surface area contributed by atoms with Gasteiger partial charge in [-0.25, -0.2) is 0 Å². The zero-order valence-electron chi connectivity index (χ0n) is 14.2. The molecular weight excluding hydrogens is 336 g/mol. The smallest absolute Gasteiger partial charge is 0.309 e. The SMILES string of the molecule is Cc1nn(CCC(=O)Nc2cnn(Cc3ccccc3)c2)cc1[N+](=O)[O-]. The predicted octanol–water partition coefficient (Wildman–Crippen LogP) is 2.37. The summed E-state index contributed by atoms with van der Waals surface area (Å²) in [5.41, 5.74) is 2.00. The first-order valence-electron chi connectivity index (χ1n) is 8.06. The third-order valence-corrected chi connectivity index (χ3v) is 3.79. The van der Waals surface area contributed by atoms with Crippen LogP contribution in [0.5, 0.6) is 0 Å². The first kappa shape index (κ1) is 17.3. The maximum absolute atomic E-state index is 12.1. The second-order valence-corrected chi connectivity index (χ2v) is 5.83. The standard InChI is InChI=1S/C17H18N6O3/c1-13-16(23(25)26)12-21(20-13)8-7-17(24)19-15-9-18-22(11-15)10-14-5-3-2-4-6-14/h2-6,9,11-12H,7-8,10H2,1H3,(H,19,24). The molecule has 3 rings (SSSR count). The predicted molar refractivity (Wildman–Crippen MR) is 94.6 cm³/mol. The van der Waals surface area contributed by atoms with Crippen LogP contribution in [-0.2, 0) is 17.9 Å². The van der Waals surface area contributed by atoms with Gasteiger partial charge in [0.05, 0.1) is 23.4 Å². The highest BCUT2D eigenvalue weighted by Crippen LogP contribution is 2.15. The topological polar surface area (TPSA) is 108 Å². The van der Waals surface area contributed by atoms with Crippen molar-refractivity contribution in [2.45, 2.75) is 26.4 Å². The zero-order valence-corrected chi connectivity index (χ0v) is 14.2. The minimum atomic E-state index is -0.486. The van der Waals surface area contributed by atoms with Crippen LogP contribution >= 0.6 is 0 Å². The maximum Gasteiger partial charge on any atom is 0.309 e. The Balaban J connectivity index is 1.52. The van der Waals surface area contributed by atoms with E-state index in [1.54, 1.807) is 24.0 Å². The average molecular weight is 354 g/mol. The molecule has 0 spiro atoms. The summed E-state index contributed by atoms with van der Waals surface area (Å²) in [6, 6.07) is 9.88. The van der Waals surface area contributed by atoms with Gasteiger partial charge in [0.2, 0.25) is 5.91 Å². The van der Waals surface area contributed by atoms with Crippen LogP contribution in [0, 0.1) is 17.0 Å². The Kier molecular flexibility index (Phi) is 5.07. The molecule has 0 atom stereocenters. The summed E-state index contributed by atoms with van der Waals surface area (Å²) in [4.78, 5) is 22.4. The van der Waals surface area contributed by atoms with Gasteiger partial charge in [-0.3, -0.25) is 24.3 Å². The van der Waals surface area contributed by atoms with Crippen molar-refractivity contribution in [2.75, 3.05) is 5.32 Å². The van der Waals surface area contributed by atoms with Gasteiger partial charge in [-0.15, -0.1) is 0 Å². The van der Waals surface area contributed by atoms with Crippen molar-refractivity contribution in [2.24, 2.45) is 0 Å². The van der Waals surface area contributed by atoms with Gasteiger partial charge in [-0.2, -0.15) is 10.2 Å². The molecule has 0 fully saturated rings. The lowest BCUT2D eigenvalue weighted by atomic mass is 10.2. The third kappa shape index (κ3) is 4.32. The zero-order chi connectivity index (χ0) is 18.5. The van der Waals surface area contributed by atoms with Gasteiger partial charge in [-0.1, -0.05) is 30.3 Å². The number of aryl methyl sites for hydroxylation is 2. The third-order valence-electron chi connectivity index (χ3n) is 3.79. The second kappa shape index (κ2) is 7.60. The van der Waals surface area contributed by atoms with Crippen molar-refractivity contribution in [3.05, 3.63) is 70.3 Å². The van der Waals surface area contributed by atoms with Crippen molar-refractivity contribution in [3.63, 3.8) is 0 Å². The quantitative estimate of drug-likeness (QED) is 0.518. The number of nitro groups is 1. The fourth-order valence-electron chi connectivity index (χ4n) is 2.53. The number of aromatic nitrogens is 4. The molecule has 0 radical (unpaired) electrons. The van der Waals surface area contributed by atoms with Crippen molar-refractivity contribution < 1.29 is 9.72 Å². The van der Waals surface area contributed by atoms with Crippen molar-refractivity contribution in [1.29, 1.82) is 0 Å². The van der Waals surface area contributed by atoms with E-state index < -0.39 is 4.92 Å². The normalized spacial score (nSPS) is 10.7. The lowest BCUT2D eigenvalue weighted by Crippen LogP contribution is -2.14. The van der Waals surface area contributed by atoms with Crippen LogP contribution in [0.1, 0.15) is 17.7 Å². The van der Waals surface area contributed by atoms with E-state index in [1.807, 2.05) is 30.3 Å². The summed E-state index contributed by atoms with van der Waals surface area (Å²) in [6.45, 7) is 2.45. The number of hydrogen-bond donors (Lipinski definition) is 1. The monoisotopic (exact) mass is 354 g/mol. The van der Waals surface area contributed by atoms with E-state index in [4.69, 9.17) is 0 Å². The molecule has 0 aliphatic carbocycles. The molecule has 26 heavy (non-hydrogen) atoms. The average Bonchev–Trinajstić information content (AvgIpc) is 3.20. The van der Waals surface area contributed by atoms with Gasteiger partial charge in [0.15, 0.2) is 0 Å². The van der Waals surface area contributed by atoms with Gasteiger partial charge in [0, 0.05) is 19.2 Å². The van der Waals surface area contributed by atoms with Crippen LogP contribution in [0.25, 0.3) is 0 Å². The molecule has 0 bridgehead atoms. The van der Waals surface area contributed by atoms with Crippen LogP contribution in [-0.4, -0.2) is 30.4 Å². The lowest BCUT2D eigenvalue weighted by molar-refractivity contribution is -0.385. The van der Waals surface area contributed by atoms with E-state index in [0.29, 0.717) is 17.9 Å². The number of carbonyl (C=O) groups is 1. The number of nitrogens with zero attached hydrogens (tertiary/aromatic N) is 5. The summed E-state index contributed by atoms with van der Waals surface area (Å²) in [6.07, 6.45) is 4.83. The minimum absolute atomic E-state index is 0.0485. The largest absolute Gasteiger partial charge is 0.323 e. The molecule has 3 aromatic rings. The number of rotatable bonds is 7. The summed E-state index contributed by atoms with van der Waals surface area (Å²) >= 11 is 0. The molecule has 1 N–H and O–H groups in total. The molecule has 2 aromatic heterocycles. The fourth-order valence-corrected chi connectivity index (χ4v) is 2.53. The number of hydrogen-bond acceptors (Lipinski definition) is 5. The van der Waals surface area contributed by atoms with Crippen LogP contribution in [0.2, 0.25) is 0 Å². The number of anilines is 1. The van der Waals surface area contributed by atoms with Crippen molar-refractivity contribution in [3.8, 4) is 0 Å². The molecule has 9 nitrogen and oxygen atoms in total. The van der Waals surface area contributed by atoms with Gasteiger partial charge in [0.25, 0.3) is 0 Å². The van der Waals surface area contributed by atoms with Crippen LogP contribution in [0.15, 0.2) is 48.9 Å². The highest BCUT2D eigenvalue weighted by molar-refractivity contribution is 5.90. The Morgan fingerprint density at radius 2 is 2.00 bits per heavy atom. The second-order valence-electron chi connectivity index (χ2n) is 5.83. The van der Waals surface area contributed by atoms with E-state index in [0.717, 1.165) is 5.56 Å². The summed E-state index contributed by atoms with van der Waals surface area (Å²) in [5.74, 6) is -0.208. The molecule has 0 aliphatic heterocycles. The maximum atomic E-state index is 12.1.